The third-order valence-corrected chi connectivity index (χ3v) is 5.73. The van der Waals surface area contributed by atoms with Gasteiger partial charge in [-0.15, -0.1) is 11.6 Å². The second-order valence-electron chi connectivity index (χ2n) is 5.00. The maximum absolute atomic E-state index is 12.9. The minimum absolute atomic E-state index is 0.0109. The highest BCUT2D eigenvalue weighted by molar-refractivity contribution is 7.91. The molecule has 23 heavy (non-hydrogen) atoms. The van der Waals surface area contributed by atoms with Gasteiger partial charge in [-0.1, -0.05) is 48.5 Å². The molecule has 0 aliphatic rings. The van der Waals surface area contributed by atoms with Crippen LogP contribution in [0, 0.1) is 0 Å². The molecule has 0 heterocycles. The highest BCUT2D eigenvalue weighted by atomic mass is 35.5. The van der Waals surface area contributed by atoms with Crippen molar-refractivity contribution >= 4 is 27.3 Å². The molecule has 6 heteroatoms. The van der Waals surface area contributed by atoms with Gasteiger partial charge < -0.3 is 5.32 Å². The number of amides is 1. The van der Waals surface area contributed by atoms with Crippen molar-refractivity contribution in [1.82, 2.24) is 5.32 Å². The molecule has 0 radical (unpaired) electrons. The van der Waals surface area contributed by atoms with Gasteiger partial charge in [0.15, 0.2) is 9.84 Å². The number of carbonyl (C=O) groups is 1. The average molecular weight is 352 g/mol. The summed E-state index contributed by atoms with van der Waals surface area (Å²) in [7, 11) is -3.61. The van der Waals surface area contributed by atoms with E-state index in [1.807, 2.05) is 6.07 Å². The van der Waals surface area contributed by atoms with Crippen molar-refractivity contribution in [2.75, 3.05) is 12.4 Å². The number of halogens is 1. The molecule has 1 atom stereocenters. The van der Waals surface area contributed by atoms with Crippen molar-refractivity contribution in [3.63, 3.8) is 0 Å². The first-order valence-corrected chi connectivity index (χ1v) is 9.30. The maximum atomic E-state index is 12.9. The van der Waals surface area contributed by atoms with Crippen molar-refractivity contribution in [3.8, 4) is 0 Å². The average Bonchev–Trinajstić information content (AvgIpc) is 2.57. The first-order valence-electron chi connectivity index (χ1n) is 7.22. The number of sulfone groups is 1. The Balaban J connectivity index is 2.32. The van der Waals surface area contributed by atoms with Crippen molar-refractivity contribution < 1.29 is 13.2 Å². The van der Waals surface area contributed by atoms with Gasteiger partial charge in [0, 0.05) is 18.8 Å². The molecule has 2 rings (SSSR count). The van der Waals surface area contributed by atoms with Crippen molar-refractivity contribution in [3.05, 3.63) is 66.2 Å². The van der Waals surface area contributed by atoms with Crippen LogP contribution in [0.4, 0.5) is 0 Å². The standard InChI is InChI=1S/C17H18ClNO3S/c18-12-11-17(20)19-13-16(14-7-3-1-4-8-14)23(21,22)15-9-5-2-6-10-15/h1-10,16H,11-13H2,(H,19,20)/t16-/m0/s1. The van der Waals surface area contributed by atoms with Crippen LogP contribution in [-0.2, 0) is 14.6 Å². The molecule has 0 aromatic heterocycles. The Labute approximate surface area is 141 Å². The van der Waals surface area contributed by atoms with Gasteiger partial charge >= 0.3 is 0 Å². The van der Waals surface area contributed by atoms with Crippen LogP contribution in [0.1, 0.15) is 17.2 Å². The van der Waals surface area contributed by atoms with Gasteiger partial charge in [0.05, 0.1) is 4.90 Å². The lowest BCUT2D eigenvalue weighted by atomic mass is 10.1. The molecular weight excluding hydrogens is 334 g/mol. The number of rotatable bonds is 7. The highest BCUT2D eigenvalue weighted by Crippen LogP contribution is 2.28. The van der Waals surface area contributed by atoms with E-state index in [1.54, 1.807) is 54.6 Å². The van der Waals surface area contributed by atoms with E-state index in [9.17, 15) is 13.2 Å². The largest absolute Gasteiger partial charge is 0.354 e. The molecule has 2 aromatic rings. The normalized spacial score (nSPS) is 12.6. The van der Waals surface area contributed by atoms with Gasteiger partial charge in [-0.3, -0.25) is 4.79 Å². The number of benzene rings is 2. The second-order valence-corrected chi connectivity index (χ2v) is 7.51. The van der Waals surface area contributed by atoms with Crippen molar-refractivity contribution in [2.45, 2.75) is 16.6 Å². The van der Waals surface area contributed by atoms with E-state index < -0.39 is 15.1 Å². The number of alkyl halides is 1. The van der Waals surface area contributed by atoms with E-state index in [-0.39, 0.29) is 29.6 Å². The van der Waals surface area contributed by atoms with Crippen LogP contribution in [0.25, 0.3) is 0 Å². The molecule has 0 bridgehead atoms. The molecule has 2 aromatic carbocycles. The fourth-order valence-corrected chi connectivity index (χ4v) is 4.08. The number of nitrogens with one attached hydrogen (secondary N) is 1. The minimum atomic E-state index is -3.61. The molecule has 0 aliphatic carbocycles. The summed E-state index contributed by atoms with van der Waals surface area (Å²) in [6.07, 6.45) is 0.161. The van der Waals surface area contributed by atoms with Gasteiger partial charge in [0.25, 0.3) is 0 Å². The summed E-state index contributed by atoms with van der Waals surface area (Å²) < 4.78 is 25.9. The van der Waals surface area contributed by atoms with Crippen LogP contribution >= 0.6 is 11.6 Å². The molecular formula is C17H18ClNO3S. The Bertz CT molecular complexity index is 733. The predicted octanol–water partition coefficient (Wildman–Crippen LogP) is 2.95. The summed E-state index contributed by atoms with van der Waals surface area (Å²) in [4.78, 5) is 11.9. The molecule has 1 N–H and O–H groups in total. The zero-order valence-corrected chi connectivity index (χ0v) is 14.1. The van der Waals surface area contributed by atoms with E-state index in [1.165, 1.54) is 0 Å². The topological polar surface area (TPSA) is 63.2 Å². The summed E-state index contributed by atoms with van der Waals surface area (Å²) in [5, 5.41) is 1.81. The molecule has 0 saturated carbocycles. The lowest BCUT2D eigenvalue weighted by Crippen LogP contribution is -2.32. The summed E-state index contributed by atoms with van der Waals surface area (Å²) in [6.45, 7) is 0.0109. The minimum Gasteiger partial charge on any atom is -0.354 e. The summed E-state index contributed by atoms with van der Waals surface area (Å²) in [5.41, 5.74) is 0.641. The zero-order valence-electron chi connectivity index (χ0n) is 12.5. The van der Waals surface area contributed by atoms with E-state index in [2.05, 4.69) is 5.32 Å². The van der Waals surface area contributed by atoms with Crippen LogP contribution in [0.5, 0.6) is 0 Å². The van der Waals surface area contributed by atoms with E-state index in [4.69, 9.17) is 11.6 Å². The van der Waals surface area contributed by atoms with E-state index in [0.29, 0.717) is 5.56 Å². The first kappa shape index (κ1) is 17.5. The fraction of sp³-hybridized carbons (Fsp3) is 0.235. The Kier molecular flexibility index (Phi) is 6.19. The monoisotopic (exact) mass is 351 g/mol. The number of carbonyl (C=O) groups excluding carboxylic acids is 1. The van der Waals surface area contributed by atoms with Crippen LogP contribution < -0.4 is 5.32 Å². The summed E-state index contributed by atoms with van der Waals surface area (Å²) in [5.74, 6) is -0.0583. The highest BCUT2D eigenvalue weighted by Gasteiger charge is 2.29. The Morgan fingerprint density at radius 3 is 2.13 bits per heavy atom. The summed E-state index contributed by atoms with van der Waals surface area (Å²) in [6, 6.07) is 17.1. The van der Waals surface area contributed by atoms with Gasteiger partial charge in [0.2, 0.25) is 5.91 Å². The summed E-state index contributed by atoms with van der Waals surface area (Å²) >= 11 is 5.54. The second kappa shape index (κ2) is 8.13. The van der Waals surface area contributed by atoms with Gasteiger partial charge in [-0.05, 0) is 17.7 Å². The van der Waals surface area contributed by atoms with Gasteiger partial charge in [-0.25, -0.2) is 8.42 Å². The number of hydrogen-bond acceptors (Lipinski definition) is 3. The van der Waals surface area contributed by atoms with Gasteiger partial charge in [0.1, 0.15) is 5.25 Å². The zero-order chi connectivity index (χ0) is 16.7. The smallest absolute Gasteiger partial charge is 0.221 e. The molecule has 4 nitrogen and oxygen atoms in total. The molecule has 0 saturated heterocycles. The van der Waals surface area contributed by atoms with Crippen LogP contribution in [0.15, 0.2) is 65.6 Å². The van der Waals surface area contributed by atoms with Crippen LogP contribution in [0.2, 0.25) is 0 Å². The Hall–Kier alpha value is -1.85. The Morgan fingerprint density at radius 1 is 1.00 bits per heavy atom. The SMILES string of the molecule is O=C(CCCl)NC[C@@H](c1ccccc1)S(=O)(=O)c1ccccc1. The molecule has 0 unspecified atom stereocenters. The predicted molar refractivity (Wildman–Crippen MR) is 91.2 cm³/mol. The van der Waals surface area contributed by atoms with Crippen molar-refractivity contribution in [1.29, 1.82) is 0 Å². The van der Waals surface area contributed by atoms with Gasteiger partial charge in [-0.2, -0.15) is 0 Å². The molecule has 122 valence electrons. The van der Waals surface area contributed by atoms with Crippen molar-refractivity contribution in [2.24, 2.45) is 0 Å². The van der Waals surface area contributed by atoms with E-state index in [0.717, 1.165) is 0 Å². The van der Waals surface area contributed by atoms with E-state index >= 15 is 0 Å². The van der Waals surface area contributed by atoms with Crippen LogP contribution in [0.3, 0.4) is 0 Å². The first-order chi connectivity index (χ1) is 11.1. The molecule has 0 fully saturated rings. The Morgan fingerprint density at radius 2 is 1.57 bits per heavy atom. The number of hydrogen-bond donors (Lipinski definition) is 1. The molecule has 0 aliphatic heterocycles. The lowest BCUT2D eigenvalue weighted by Gasteiger charge is -2.19. The molecule has 1 amide bonds. The third-order valence-electron chi connectivity index (χ3n) is 3.42. The third kappa shape index (κ3) is 4.56. The fourth-order valence-electron chi connectivity index (χ4n) is 2.23. The lowest BCUT2D eigenvalue weighted by molar-refractivity contribution is -0.120. The molecule has 0 spiro atoms. The quantitative estimate of drug-likeness (QED) is 0.780. The maximum Gasteiger partial charge on any atom is 0.221 e. The van der Waals surface area contributed by atoms with Crippen LogP contribution in [-0.4, -0.2) is 26.7 Å².